The molecule has 2 rings (SSSR count). The van der Waals surface area contributed by atoms with Gasteiger partial charge in [0.2, 0.25) is 0 Å². The van der Waals surface area contributed by atoms with Crippen molar-refractivity contribution >= 4 is 6.03 Å². The monoisotopic (exact) mass is 347 g/mol. The molecule has 0 spiro atoms. The first-order valence-electron chi connectivity index (χ1n) is 9.11. The van der Waals surface area contributed by atoms with Gasteiger partial charge in [0.15, 0.2) is 0 Å². The smallest absolute Gasteiger partial charge is 0.315 e. The molecule has 25 heavy (non-hydrogen) atoms. The van der Waals surface area contributed by atoms with Crippen molar-refractivity contribution in [3.05, 3.63) is 35.4 Å². The first-order chi connectivity index (χ1) is 11.8. The number of benzene rings is 1. The number of nitrogens with one attached hydrogen (secondary N) is 2. The van der Waals surface area contributed by atoms with Gasteiger partial charge in [-0.25, -0.2) is 4.79 Å². The molecule has 2 amide bonds. The van der Waals surface area contributed by atoms with Crippen molar-refractivity contribution in [2.75, 3.05) is 27.2 Å². The van der Waals surface area contributed by atoms with Crippen molar-refractivity contribution in [2.24, 2.45) is 11.3 Å². The molecule has 0 aromatic heterocycles. The number of nitrogens with zero attached hydrogens (tertiary/aromatic N) is 1. The normalized spacial score (nSPS) is 20.7. The molecule has 1 aromatic rings. The van der Waals surface area contributed by atoms with Gasteiger partial charge in [0.1, 0.15) is 0 Å². The van der Waals surface area contributed by atoms with E-state index in [1.54, 1.807) is 0 Å². The molecular formula is C20H33N3O2. The van der Waals surface area contributed by atoms with E-state index < -0.39 is 0 Å². The summed E-state index contributed by atoms with van der Waals surface area (Å²) >= 11 is 0. The van der Waals surface area contributed by atoms with E-state index in [4.69, 9.17) is 4.74 Å². The van der Waals surface area contributed by atoms with Gasteiger partial charge in [-0.1, -0.05) is 45.0 Å². The summed E-state index contributed by atoms with van der Waals surface area (Å²) in [4.78, 5) is 14.2. The third kappa shape index (κ3) is 6.33. The number of rotatable bonds is 6. The first kappa shape index (κ1) is 19.7. The van der Waals surface area contributed by atoms with E-state index in [0.29, 0.717) is 19.0 Å². The number of amides is 2. The van der Waals surface area contributed by atoms with Crippen molar-refractivity contribution in [2.45, 2.75) is 46.4 Å². The summed E-state index contributed by atoms with van der Waals surface area (Å²) in [6.07, 6.45) is 1.22. The molecule has 1 heterocycles. The van der Waals surface area contributed by atoms with E-state index >= 15 is 0 Å². The van der Waals surface area contributed by atoms with Crippen molar-refractivity contribution < 1.29 is 9.53 Å². The van der Waals surface area contributed by atoms with Crippen LogP contribution in [-0.2, 0) is 17.8 Å². The number of ether oxygens (including phenoxy) is 1. The lowest BCUT2D eigenvalue weighted by Gasteiger charge is -2.31. The van der Waals surface area contributed by atoms with Gasteiger partial charge in [-0.2, -0.15) is 0 Å². The Morgan fingerprint density at radius 2 is 1.80 bits per heavy atom. The minimum absolute atomic E-state index is 0.105. The molecule has 2 N–H and O–H groups in total. The summed E-state index contributed by atoms with van der Waals surface area (Å²) in [6, 6.07) is 8.24. The maximum Gasteiger partial charge on any atom is 0.315 e. The zero-order valence-corrected chi connectivity index (χ0v) is 16.3. The van der Waals surface area contributed by atoms with Crippen molar-refractivity contribution in [3.8, 4) is 0 Å². The van der Waals surface area contributed by atoms with Gasteiger partial charge in [-0.05, 0) is 37.1 Å². The zero-order valence-electron chi connectivity index (χ0n) is 16.3. The number of hydrogen-bond donors (Lipinski definition) is 2. The second-order valence-electron chi connectivity index (χ2n) is 8.32. The Labute approximate surface area is 152 Å². The van der Waals surface area contributed by atoms with Crippen LogP contribution >= 0.6 is 0 Å². The minimum Gasteiger partial charge on any atom is -0.377 e. The Balaban J connectivity index is 1.73. The second-order valence-corrected chi connectivity index (χ2v) is 8.32. The van der Waals surface area contributed by atoms with Crippen LogP contribution in [0, 0.1) is 11.3 Å². The molecule has 1 saturated heterocycles. The van der Waals surface area contributed by atoms with Crippen LogP contribution in [0.1, 0.15) is 38.3 Å². The number of carbonyl (C=O) groups is 1. The largest absolute Gasteiger partial charge is 0.377 e. The average molecular weight is 348 g/mol. The second kappa shape index (κ2) is 8.68. The Hall–Kier alpha value is -1.59. The van der Waals surface area contributed by atoms with E-state index in [2.05, 4.69) is 74.7 Å². The molecule has 0 radical (unpaired) electrons. The Kier molecular flexibility index (Phi) is 6.85. The highest BCUT2D eigenvalue weighted by Gasteiger charge is 2.37. The van der Waals surface area contributed by atoms with Gasteiger partial charge < -0.3 is 20.3 Å². The molecular weight excluding hydrogens is 314 g/mol. The van der Waals surface area contributed by atoms with E-state index in [-0.39, 0.29) is 17.6 Å². The number of hydrogen-bond acceptors (Lipinski definition) is 3. The molecule has 140 valence electrons. The summed E-state index contributed by atoms with van der Waals surface area (Å²) in [6.45, 7) is 9.48. The lowest BCUT2D eigenvalue weighted by Crippen LogP contribution is -2.42. The Morgan fingerprint density at radius 1 is 1.16 bits per heavy atom. The quantitative estimate of drug-likeness (QED) is 0.832. The topological polar surface area (TPSA) is 53.6 Å². The molecule has 0 saturated carbocycles. The molecule has 2 atom stereocenters. The van der Waals surface area contributed by atoms with E-state index in [0.717, 1.165) is 25.1 Å². The third-order valence-electron chi connectivity index (χ3n) is 4.57. The first-order valence-corrected chi connectivity index (χ1v) is 9.11. The SMILES string of the molecule is CN(C)Cc1ccc(CNC(=O)NC[C@H]2CCO[C@@H]2C(C)(C)C)cc1. The van der Waals surface area contributed by atoms with Gasteiger partial charge in [0.25, 0.3) is 0 Å². The molecule has 0 aliphatic carbocycles. The predicted octanol–water partition coefficient (Wildman–Crippen LogP) is 3.00. The molecule has 1 aliphatic heterocycles. The van der Waals surface area contributed by atoms with Crippen LogP contribution in [0.25, 0.3) is 0 Å². The highest BCUT2D eigenvalue weighted by Crippen LogP contribution is 2.34. The molecule has 1 fully saturated rings. The van der Waals surface area contributed by atoms with Crippen LogP contribution in [0.15, 0.2) is 24.3 Å². The van der Waals surface area contributed by atoms with Crippen LogP contribution in [0.2, 0.25) is 0 Å². The van der Waals surface area contributed by atoms with E-state index in [1.807, 2.05) is 0 Å². The highest BCUT2D eigenvalue weighted by atomic mass is 16.5. The summed E-state index contributed by atoms with van der Waals surface area (Å²) in [5.74, 6) is 0.385. The number of urea groups is 1. The molecule has 0 bridgehead atoms. The fourth-order valence-corrected chi connectivity index (χ4v) is 3.40. The predicted molar refractivity (Wildman–Crippen MR) is 101 cm³/mol. The lowest BCUT2D eigenvalue weighted by molar-refractivity contribution is 0.00775. The summed E-state index contributed by atoms with van der Waals surface area (Å²) in [7, 11) is 4.11. The Morgan fingerprint density at radius 3 is 2.40 bits per heavy atom. The molecule has 5 heteroatoms. The van der Waals surface area contributed by atoms with Crippen LogP contribution in [0.5, 0.6) is 0 Å². The Bertz CT molecular complexity index is 549. The molecule has 1 aliphatic rings. The number of carbonyl (C=O) groups excluding carboxylic acids is 1. The van der Waals surface area contributed by atoms with Gasteiger partial charge in [0.05, 0.1) is 6.10 Å². The standard InChI is InChI=1S/C20H33N3O2/c1-20(2,3)18-17(10-11-25-18)13-22-19(24)21-12-15-6-8-16(9-7-15)14-23(4)5/h6-9,17-18H,10-14H2,1-5H3,(H2,21,22,24)/t17-,18+/m1/s1. The van der Waals surface area contributed by atoms with Crippen LogP contribution in [0.4, 0.5) is 4.79 Å². The van der Waals surface area contributed by atoms with Gasteiger partial charge in [-0.3, -0.25) is 0 Å². The van der Waals surface area contributed by atoms with E-state index in [9.17, 15) is 4.79 Å². The van der Waals surface area contributed by atoms with Gasteiger partial charge in [0, 0.05) is 32.2 Å². The fourth-order valence-electron chi connectivity index (χ4n) is 3.40. The third-order valence-corrected chi connectivity index (χ3v) is 4.57. The lowest BCUT2D eigenvalue weighted by atomic mass is 9.81. The van der Waals surface area contributed by atoms with Crippen molar-refractivity contribution in [1.82, 2.24) is 15.5 Å². The van der Waals surface area contributed by atoms with Crippen LogP contribution in [-0.4, -0.2) is 44.3 Å². The fraction of sp³-hybridized carbons (Fsp3) is 0.650. The van der Waals surface area contributed by atoms with E-state index in [1.165, 1.54) is 5.56 Å². The van der Waals surface area contributed by atoms with Crippen molar-refractivity contribution in [3.63, 3.8) is 0 Å². The molecule has 5 nitrogen and oxygen atoms in total. The summed E-state index contributed by atoms with van der Waals surface area (Å²) in [5.41, 5.74) is 2.48. The highest BCUT2D eigenvalue weighted by molar-refractivity contribution is 5.73. The summed E-state index contributed by atoms with van der Waals surface area (Å²) < 4.78 is 5.86. The van der Waals surface area contributed by atoms with Gasteiger partial charge >= 0.3 is 6.03 Å². The zero-order chi connectivity index (χ0) is 18.4. The maximum atomic E-state index is 12.1. The molecule has 1 aromatic carbocycles. The molecule has 0 unspecified atom stereocenters. The van der Waals surface area contributed by atoms with Crippen LogP contribution < -0.4 is 10.6 Å². The summed E-state index contributed by atoms with van der Waals surface area (Å²) in [5, 5.41) is 5.93. The van der Waals surface area contributed by atoms with Crippen molar-refractivity contribution in [1.29, 1.82) is 0 Å². The minimum atomic E-state index is -0.114. The van der Waals surface area contributed by atoms with Crippen LogP contribution in [0.3, 0.4) is 0 Å². The maximum absolute atomic E-state index is 12.1. The van der Waals surface area contributed by atoms with Gasteiger partial charge in [-0.15, -0.1) is 0 Å². The average Bonchev–Trinajstić information content (AvgIpc) is 3.00.